The summed E-state index contributed by atoms with van der Waals surface area (Å²) in [5.41, 5.74) is -0.0741. The first-order valence-corrected chi connectivity index (χ1v) is 1.47. The molecule has 0 heterocycles. The molecule has 0 aliphatic heterocycles. The summed E-state index contributed by atoms with van der Waals surface area (Å²) in [5.74, 6) is -1.05. The molecule has 3 N–H and O–H groups in total. The minimum atomic E-state index is -1.05. The first-order chi connectivity index (χ1) is 2.64. The Bertz CT molecular complexity index is 77.3. The van der Waals surface area contributed by atoms with Crippen molar-refractivity contribution >= 4 is 5.97 Å². The number of aliphatic carboxylic acids is 1. The van der Waals surface area contributed by atoms with E-state index >= 15 is 0 Å². The molecule has 4 heteroatoms. The van der Waals surface area contributed by atoms with Crippen LogP contribution >= 0.6 is 0 Å². The fraction of sp³-hybridized carbons (Fsp3) is 0.250. The van der Waals surface area contributed by atoms with Crippen LogP contribution in [0.5, 0.6) is 0 Å². The van der Waals surface area contributed by atoms with E-state index in [2.05, 4.69) is 0 Å². The van der Waals surface area contributed by atoms with E-state index in [0.29, 0.717) is 0 Å². The number of hydrogen-bond donors (Lipinski definition) is 1. The molecule has 0 radical (unpaired) electrons. The van der Waals surface area contributed by atoms with E-state index in [0.717, 1.165) is 0 Å². The zero-order valence-electron chi connectivity index (χ0n) is 4.64. The van der Waals surface area contributed by atoms with Crippen LogP contribution in [0.1, 0.15) is 6.92 Å². The summed E-state index contributed by atoms with van der Waals surface area (Å²) in [5, 5.41) is 7.83. The van der Waals surface area contributed by atoms with Crippen LogP contribution in [0.15, 0.2) is 5.57 Å². The molecule has 0 amide bonds. The molecule has 0 spiro atoms. The Balaban J connectivity index is -0.000000125. The van der Waals surface area contributed by atoms with Gasteiger partial charge in [0.1, 0.15) is 0 Å². The number of hydrogen-bond acceptors (Lipinski definition) is 1. The minimum Gasteiger partial charge on any atom is -0.562 e. The van der Waals surface area contributed by atoms with E-state index in [1.807, 2.05) is 0 Å². The van der Waals surface area contributed by atoms with Gasteiger partial charge in [0.25, 0.3) is 0 Å². The molecule has 0 aromatic carbocycles. The average molecular weight is 168 g/mol. The van der Waals surface area contributed by atoms with Gasteiger partial charge in [-0.25, -0.2) is 0 Å². The van der Waals surface area contributed by atoms with Crippen molar-refractivity contribution in [3.8, 4) is 0 Å². The Hall–Kier alpha value is -0.207. The molecular formula is C4H7O3Zn-. The Labute approximate surface area is 60.5 Å². The van der Waals surface area contributed by atoms with Crippen molar-refractivity contribution in [3.05, 3.63) is 12.2 Å². The fourth-order valence-corrected chi connectivity index (χ4v) is 0. The summed E-state index contributed by atoms with van der Waals surface area (Å²) >= 11 is 0. The molecular weight excluding hydrogens is 161 g/mol. The first-order valence-electron chi connectivity index (χ1n) is 1.47. The van der Waals surface area contributed by atoms with Crippen molar-refractivity contribution in [2.75, 3.05) is 0 Å². The summed E-state index contributed by atoms with van der Waals surface area (Å²) < 4.78 is 0. The first kappa shape index (κ1) is 15.7. The topological polar surface area (TPSA) is 68.8 Å². The third kappa shape index (κ3) is 9.25. The average Bonchev–Trinajstić information content (AvgIpc) is 1.36. The predicted molar refractivity (Wildman–Crippen MR) is 24.7 cm³/mol. The fourth-order valence-electron chi connectivity index (χ4n) is 0. The smallest absolute Gasteiger partial charge is 0.168 e. The van der Waals surface area contributed by atoms with Crippen LogP contribution in [0, 0.1) is 6.58 Å². The van der Waals surface area contributed by atoms with Gasteiger partial charge in [-0.05, 0) is 0 Å². The van der Waals surface area contributed by atoms with Crippen LogP contribution in [-0.4, -0.2) is 16.6 Å². The summed E-state index contributed by atoms with van der Waals surface area (Å²) in [6.07, 6.45) is 0. The van der Waals surface area contributed by atoms with Gasteiger partial charge in [0.2, 0.25) is 0 Å². The molecule has 0 aromatic rings. The molecule has 0 aromatic heterocycles. The number of carbonyl (C=O) groups is 1. The maximum absolute atomic E-state index is 9.54. The Morgan fingerprint density at radius 2 is 1.75 bits per heavy atom. The van der Waals surface area contributed by atoms with E-state index in [4.69, 9.17) is 11.7 Å². The van der Waals surface area contributed by atoms with Crippen molar-refractivity contribution in [1.82, 2.24) is 0 Å². The van der Waals surface area contributed by atoms with Gasteiger partial charge < -0.3 is 15.4 Å². The van der Waals surface area contributed by atoms with Gasteiger partial charge in [0, 0.05) is 19.5 Å². The van der Waals surface area contributed by atoms with E-state index in [9.17, 15) is 4.79 Å². The molecule has 0 atom stereocenters. The van der Waals surface area contributed by atoms with E-state index in [1.54, 1.807) is 0 Å². The zero-order chi connectivity index (χ0) is 5.15. The van der Waals surface area contributed by atoms with Gasteiger partial charge >= 0.3 is 0 Å². The number of carboxylic acid groups (broad SMARTS) is 1. The second kappa shape index (κ2) is 6.79. The van der Waals surface area contributed by atoms with Crippen LogP contribution in [0.3, 0.4) is 0 Å². The molecule has 8 heavy (non-hydrogen) atoms. The zero-order valence-corrected chi connectivity index (χ0v) is 7.61. The normalized spacial score (nSPS) is 5.62. The van der Waals surface area contributed by atoms with Crippen LogP contribution in [-0.2, 0) is 24.3 Å². The van der Waals surface area contributed by atoms with Gasteiger partial charge in [-0.1, -0.05) is 6.92 Å². The van der Waals surface area contributed by atoms with Crippen molar-refractivity contribution < 1.29 is 34.9 Å². The van der Waals surface area contributed by atoms with Crippen LogP contribution in [0.2, 0.25) is 0 Å². The van der Waals surface area contributed by atoms with Crippen molar-refractivity contribution in [1.29, 1.82) is 0 Å². The largest absolute Gasteiger partial charge is 0.562 e. The van der Waals surface area contributed by atoms with Gasteiger partial charge in [0.15, 0.2) is 5.97 Å². The second-order valence-corrected chi connectivity index (χ2v) is 0.988. The summed E-state index contributed by atoms with van der Waals surface area (Å²) in [7, 11) is 0. The maximum atomic E-state index is 9.54. The van der Waals surface area contributed by atoms with E-state index in [-0.39, 0.29) is 30.5 Å². The molecule has 0 saturated heterocycles. The number of rotatable bonds is 1. The molecule has 0 saturated carbocycles. The van der Waals surface area contributed by atoms with Crippen LogP contribution < -0.4 is 0 Å². The number of carboxylic acids is 1. The summed E-state index contributed by atoms with van der Waals surface area (Å²) in [6, 6.07) is 0. The second-order valence-electron chi connectivity index (χ2n) is 0.988. The third-order valence-electron chi connectivity index (χ3n) is 0.337. The quantitative estimate of drug-likeness (QED) is 0.330. The molecule has 0 fully saturated rings. The molecule has 0 bridgehead atoms. The van der Waals surface area contributed by atoms with E-state index in [1.165, 1.54) is 6.92 Å². The Morgan fingerprint density at radius 1 is 1.62 bits per heavy atom. The van der Waals surface area contributed by atoms with Crippen molar-refractivity contribution in [3.63, 3.8) is 0 Å². The molecule has 0 rings (SSSR count). The molecule has 0 unspecified atom stereocenters. The molecule has 0 aliphatic rings. The van der Waals surface area contributed by atoms with E-state index < -0.39 is 5.97 Å². The summed E-state index contributed by atoms with van der Waals surface area (Å²) in [6.45, 7) is 6.09. The van der Waals surface area contributed by atoms with Crippen LogP contribution in [0.4, 0.5) is 0 Å². The van der Waals surface area contributed by atoms with Crippen molar-refractivity contribution in [2.45, 2.75) is 6.92 Å². The van der Waals surface area contributed by atoms with Gasteiger partial charge in [-0.3, -0.25) is 6.58 Å². The Kier molecular flexibility index (Phi) is 13.3. The SMILES string of the molecule is O.[CH-]=C(C)C(=O)O.[Zn]. The molecule has 0 aliphatic carbocycles. The Morgan fingerprint density at radius 3 is 1.75 bits per heavy atom. The monoisotopic (exact) mass is 167 g/mol. The van der Waals surface area contributed by atoms with Crippen LogP contribution in [0.25, 0.3) is 0 Å². The van der Waals surface area contributed by atoms with Gasteiger partial charge in [0.05, 0.1) is 0 Å². The van der Waals surface area contributed by atoms with Gasteiger partial charge in [-0.2, -0.15) is 0 Å². The third-order valence-corrected chi connectivity index (χ3v) is 0.337. The minimum absolute atomic E-state index is 0. The summed E-state index contributed by atoms with van der Waals surface area (Å²) in [4.78, 5) is 9.54. The van der Waals surface area contributed by atoms with Gasteiger partial charge in [-0.15, -0.1) is 5.57 Å². The standard InChI is InChI=1S/C4H5O2.H2O.Zn/c1-3(2)4(5)6;;/h1H,2H3,(H,5,6);1H2;/q-1;;. The van der Waals surface area contributed by atoms with Crippen molar-refractivity contribution in [2.24, 2.45) is 0 Å². The predicted octanol–water partition coefficient (Wildman–Crippen LogP) is -0.377. The molecule has 44 valence electrons. The molecule has 3 nitrogen and oxygen atoms in total. The maximum Gasteiger partial charge on any atom is 0.168 e.